The lowest BCUT2D eigenvalue weighted by molar-refractivity contribution is 0.285. The van der Waals surface area contributed by atoms with Crippen LogP contribution >= 0.6 is 27.5 Å². The second kappa shape index (κ2) is 4.89. The smallest absolute Gasteiger partial charge is 0.247 e. The quantitative estimate of drug-likeness (QED) is 0.899. The Kier molecular flexibility index (Phi) is 3.37. The van der Waals surface area contributed by atoms with E-state index < -0.39 is 5.54 Å². The minimum Gasteiger partial charge on any atom is -0.337 e. The van der Waals surface area contributed by atoms with Gasteiger partial charge in [0.25, 0.3) is 0 Å². The van der Waals surface area contributed by atoms with Gasteiger partial charge in [0.1, 0.15) is 0 Å². The molecule has 19 heavy (non-hydrogen) atoms. The molecule has 0 bridgehead atoms. The number of hydrogen-bond acceptors (Lipinski definition) is 4. The van der Waals surface area contributed by atoms with Crippen molar-refractivity contribution in [3.8, 4) is 11.4 Å². The third-order valence-electron chi connectivity index (χ3n) is 3.53. The van der Waals surface area contributed by atoms with E-state index in [0.717, 1.165) is 35.7 Å². The van der Waals surface area contributed by atoms with Gasteiger partial charge in [-0.3, -0.25) is 0 Å². The van der Waals surface area contributed by atoms with Crippen LogP contribution in [0.15, 0.2) is 27.2 Å². The Morgan fingerprint density at radius 1 is 1.32 bits per heavy atom. The Morgan fingerprint density at radius 2 is 2.05 bits per heavy atom. The molecule has 2 N–H and O–H groups in total. The Labute approximate surface area is 124 Å². The van der Waals surface area contributed by atoms with Gasteiger partial charge in [0, 0.05) is 10.0 Å². The monoisotopic (exact) mass is 341 g/mol. The largest absolute Gasteiger partial charge is 0.337 e. The number of benzene rings is 1. The molecule has 2 aromatic rings. The summed E-state index contributed by atoms with van der Waals surface area (Å²) in [5.41, 5.74) is 6.70. The first-order valence-corrected chi connectivity index (χ1v) is 7.34. The van der Waals surface area contributed by atoms with Gasteiger partial charge in [0.15, 0.2) is 0 Å². The Morgan fingerprint density at radius 3 is 2.74 bits per heavy atom. The van der Waals surface area contributed by atoms with Crippen LogP contribution in [-0.4, -0.2) is 10.1 Å². The second-order valence-corrected chi connectivity index (χ2v) is 6.18. The molecule has 1 saturated carbocycles. The lowest BCUT2D eigenvalue weighted by Crippen LogP contribution is -2.33. The molecule has 6 heteroatoms. The van der Waals surface area contributed by atoms with Crippen molar-refractivity contribution in [1.29, 1.82) is 0 Å². The highest BCUT2D eigenvalue weighted by Gasteiger charge is 2.36. The van der Waals surface area contributed by atoms with Gasteiger partial charge < -0.3 is 10.3 Å². The highest BCUT2D eigenvalue weighted by Crippen LogP contribution is 2.36. The normalized spacial score (nSPS) is 17.8. The Balaban J connectivity index is 1.94. The lowest BCUT2D eigenvalue weighted by Gasteiger charge is -2.17. The predicted octanol–water partition coefficient (Wildman–Crippen LogP) is 3.88. The summed E-state index contributed by atoms with van der Waals surface area (Å²) in [5.74, 6) is 1.08. The van der Waals surface area contributed by atoms with Crippen LogP contribution in [0, 0.1) is 0 Å². The van der Waals surface area contributed by atoms with Crippen molar-refractivity contribution in [3.05, 3.63) is 33.6 Å². The molecule has 1 aromatic carbocycles. The molecule has 0 aliphatic heterocycles. The summed E-state index contributed by atoms with van der Waals surface area (Å²) in [6.45, 7) is 0. The van der Waals surface area contributed by atoms with Crippen molar-refractivity contribution in [2.75, 3.05) is 0 Å². The fraction of sp³-hybridized carbons (Fsp3) is 0.385. The number of rotatable bonds is 2. The summed E-state index contributed by atoms with van der Waals surface area (Å²) in [6, 6.07) is 5.53. The molecule has 1 fully saturated rings. The molecule has 1 aliphatic rings. The van der Waals surface area contributed by atoms with Gasteiger partial charge in [-0.25, -0.2) is 0 Å². The highest BCUT2D eigenvalue weighted by atomic mass is 79.9. The van der Waals surface area contributed by atoms with Gasteiger partial charge in [-0.05, 0) is 47.0 Å². The SMILES string of the molecule is NC1(c2nc(-c3ccc(Cl)c(Br)c3)no2)CCCC1. The number of nitrogens with two attached hydrogens (primary N) is 1. The average Bonchev–Trinajstić information content (AvgIpc) is 3.02. The molecular weight excluding hydrogens is 330 g/mol. The fourth-order valence-corrected chi connectivity index (χ4v) is 2.89. The van der Waals surface area contributed by atoms with Gasteiger partial charge in [-0.15, -0.1) is 0 Å². The minimum atomic E-state index is -0.449. The molecule has 1 aliphatic carbocycles. The van der Waals surface area contributed by atoms with Crippen molar-refractivity contribution >= 4 is 27.5 Å². The van der Waals surface area contributed by atoms with E-state index in [9.17, 15) is 0 Å². The Hall–Kier alpha value is -0.910. The maximum Gasteiger partial charge on any atom is 0.247 e. The third kappa shape index (κ3) is 2.42. The summed E-state index contributed by atoms with van der Waals surface area (Å²) in [6.07, 6.45) is 4.03. The van der Waals surface area contributed by atoms with E-state index in [0.29, 0.717) is 16.7 Å². The molecule has 1 heterocycles. The number of halogens is 2. The average molecular weight is 343 g/mol. The number of aromatic nitrogens is 2. The van der Waals surface area contributed by atoms with Crippen molar-refractivity contribution < 1.29 is 4.52 Å². The van der Waals surface area contributed by atoms with Crippen LogP contribution in [0.5, 0.6) is 0 Å². The second-order valence-electron chi connectivity index (χ2n) is 4.92. The number of nitrogens with zero attached hydrogens (tertiary/aromatic N) is 2. The van der Waals surface area contributed by atoms with Crippen molar-refractivity contribution in [2.45, 2.75) is 31.2 Å². The zero-order valence-electron chi connectivity index (χ0n) is 10.2. The van der Waals surface area contributed by atoms with Crippen molar-refractivity contribution in [2.24, 2.45) is 5.73 Å². The van der Waals surface area contributed by atoms with Crippen LogP contribution in [0.4, 0.5) is 0 Å². The molecule has 0 amide bonds. The van der Waals surface area contributed by atoms with Gasteiger partial charge in [-0.2, -0.15) is 4.98 Å². The third-order valence-corrected chi connectivity index (χ3v) is 4.74. The van der Waals surface area contributed by atoms with Crippen molar-refractivity contribution in [3.63, 3.8) is 0 Å². The van der Waals surface area contributed by atoms with Crippen LogP contribution in [-0.2, 0) is 5.54 Å². The summed E-state index contributed by atoms with van der Waals surface area (Å²) < 4.78 is 6.15. The first kappa shape index (κ1) is 13.1. The van der Waals surface area contributed by atoms with Gasteiger partial charge in [0.05, 0.1) is 10.6 Å². The van der Waals surface area contributed by atoms with E-state index >= 15 is 0 Å². The van der Waals surface area contributed by atoms with E-state index in [1.165, 1.54) is 0 Å². The highest BCUT2D eigenvalue weighted by molar-refractivity contribution is 9.10. The van der Waals surface area contributed by atoms with E-state index in [2.05, 4.69) is 26.1 Å². The standard InChI is InChI=1S/C13H13BrClN3O/c14-9-7-8(3-4-10(9)15)11-17-12(19-18-11)13(16)5-1-2-6-13/h3-4,7H,1-2,5-6,16H2. The first-order valence-electron chi connectivity index (χ1n) is 6.17. The number of hydrogen-bond donors (Lipinski definition) is 1. The molecule has 4 nitrogen and oxygen atoms in total. The molecule has 0 atom stereocenters. The Bertz CT molecular complexity index is 608. The van der Waals surface area contributed by atoms with Crippen LogP contribution in [0.2, 0.25) is 5.02 Å². The van der Waals surface area contributed by atoms with Crippen LogP contribution in [0.1, 0.15) is 31.6 Å². The lowest BCUT2D eigenvalue weighted by atomic mass is 9.99. The maximum absolute atomic E-state index is 6.30. The van der Waals surface area contributed by atoms with E-state index in [4.69, 9.17) is 21.9 Å². The summed E-state index contributed by atoms with van der Waals surface area (Å²) in [4.78, 5) is 4.44. The zero-order valence-corrected chi connectivity index (χ0v) is 12.5. The van der Waals surface area contributed by atoms with E-state index in [1.807, 2.05) is 12.1 Å². The molecule has 100 valence electrons. The van der Waals surface area contributed by atoms with Crippen LogP contribution < -0.4 is 5.73 Å². The molecular formula is C13H13BrClN3O. The van der Waals surface area contributed by atoms with Crippen molar-refractivity contribution in [1.82, 2.24) is 10.1 Å². The minimum absolute atomic E-state index is 0.449. The maximum atomic E-state index is 6.30. The zero-order chi connectivity index (χ0) is 13.5. The van der Waals surface area contributed by atoms with E-state index in [-0.39, 0.29) is 0 Å². The predicted molar refractivity (Wildman–Crippen MR) is 76.8 cm³/mol. The molecule has 0 unspecified atom stereocenters. The summed E-state index contributed by atoms with van der Waals surface area (Å²) >= 11 is 9.35. The molecule has 3 rings (SSSR count). The molecule has 0 saturated heterocycles. The van der Waals surface area contributed by atoms with Gasteiger partial charge in [-0.1, -0.05) is 29.6 Å². The molecule has 0 spiro atoms. The fourth-order valence-electron chi connectivity index (χ4n) is 2.40. The topological polar surface area (TPSA) is 64.9 Å². The molecule has 1 aromatic heterocycles. The first-order chi connectivity index (χ1) is 9.08. The molecule has 0 radical (unpaired) electrons. The van der Waals surface area contributed by atoms with Crippen LogP contribution in [0.3, 0.4) is 0 Å². The van der Waals surface area contributed by atoms with Crippen LogP contribution in [0.25, 0.3) is 11.4 Å². The summed E-state index contributed by atoms with van der Waals surface area (Å²) in [5, 5.41) is 4.67. The summed E-state index contributed by atoms with van der Waals surface area (Å²) in [7, 11) is 0. The van der Waals surface area contributed by atoms with Gasteiger partial charge >= 0.3 is 0 Å². The van der Waals surface area contributed by atoms with E-state index in [1.54, 1.807) is 6.07 Å². The van der Waals surface area contributed by atoms with Gasteiger partial charge in [0.2, 0.25) is 11.7 Å².